The maximum absolute atomic E-state index is 5.57. The molecule has 1 aromatic rings. The van der Waals surface area contributed by atoms with E-state index < -0.39 is 0 Å². The van der Waals surface area contributed by atoms with Crippen LogP contribution in [-0.4, -0.2) is 18.9 Å². The minimum Gasteiger partial charge on any atom is -0.480 e. The molecule has 0 saturated carbocycles. The highest BCUT2D eigenvalue weighted by Gasteiger charge is 2.19. The van der Waals surface area contributed by atoms with Gasteiger partial charge in [0.05, 0.1) is 0 Å². The van der Waals surface area contributed by atoms with Crippen LogP contribution in [0.1, 0.15) is 26.3 Å². The maximum Gasteiger partial charge on any atom is 0.231 e. The Kier molecular flexibility index (Phi) is 3.87. The van der Waals surface area contributed by atoms with Crippen LogP contribution in [0.3, 0.4) is 0 Å². The van der Waals surface area contributed by atoms with E-state index in [1.807, 2.05) is 12.1 Å². The van der Waals surface area contributed by atoms with Crippen LogP contribution in [0.5, 0.6) is 17.2 Å². The number of hydrogen-bond acceptors (Lipinski definition) is 4. The molecule has 0 amide bonds. The summed E-state index contributed by atoms with van der Waals surface area (Å²) in [6.45, 7) is 7.51. The number of fused-ring (bicyclic) bond motifs is 1. The largest absolute Gasteiger partial charge is 0.480 e. The fourth-order valence-corrected chi connectivity index (χ4v) is 1.72. The van der Waals surface area contributed by atoms with E-state index in [2.05, 4.69) is 32.0 Å². The summed E-state index contributed by atoms with van der Waals surface area (Å²) in [5.74, 6) is 4.65. The van der Waals surface area contributed by atoms with Crippen LogP contribution >= 0.6 is 0 Å². The van der Waals surface area contributed by atoms with Gasteiger partial charge in [0.15, 0.2) is 11.5 Å². The van der Waals surface area contributed by atoms with E-state index in [4.69, 9.17) is 20.6 Å². The van der Waals surface area contributed by atoms with Crippen molar-refractivity contribution in [3.8, 4) is 29.6 Å². The Balaban J connectivity index is 2.21. The number of rotatable bonds is 4. The van der Waals surface area contributed by atoms with Gasteiger partial charge < -0.3 is 19.5 Å². The third kappa shape index (κ3) is 3.55. The van der Waals surface area contributed by atoms with Crippen molar-refractivity contribution in [3.05, 3.63) is 17.7 Å². The van der Waals surface area contributed by atoms with E-state index in [-0.39, 0.29) is 18.9 Å². The first kappa shape index (κ1) is 13.6. The topological polar surface area (TPSA) is 39.7 Å². The number of terminal acetylenes is 1. The first-order valence-corrected chi connectivity index (χ1v) is 6.23. The van der Waals surface area contributed by atoms with Crippen molar-refractivity contribution in [2.45, 2.75) is 32.9 Å². The second-order valence-electron chi connectivity index (χ2n) is 5.41. The minimum absolute atomic E-state index is 0.0275. The van der Waals surface area contributed by atoms with E-state index in [9.17, 15) is 0 Å². The Morgan fingerprint density at radius 2 is 2.00 bits per heavy atom. The second kappa shape index (κ2) is 5.41. The Bertz CT molecular complexity index is 497. The first-order valence-electron chi connectivity index (χ1n) is 6.23. The van der Waals surface area contributed by atoms with Gasteiger partial charge >= 0.3 is 0 Å². The molecule has 0 saturated heterocycles. The van der Waals surface area contributed by atoms with E-state index in [0.717, 1.165) is 17.1 Å². The molecule has 1 aromatic carbocycles. The van der Waals surface area contributed by atoms with Crippen LogP contribution in [0.4, 0.5) is 0 Å². The normalized spacial score (nSPS) is 13.2. The fourth-order valence-electron chi connectivity index (χ4n) is 1.72. The molecule has 1 N–H and O–H groups in total. The van der Waals surface area contributed by atoms with Gasteiger partial charge in [0, 0.05) is 23.7 Å². The van der Waals surface area contributed by atoms with Crippen molar-refractivity contribution >= 4 is 0 Å². The van der Waals surface area contributed by atoms with E-state index in [1.54, 1.807) is 0 Å². The summed E-state index contributed by atoms with van der Waals surface area (Å²) in [6, 6.07) is 3.77. The molecule has 4 heteroatoms. The SMILES string of the molecule is C#CCOc1cc2c(cc1CNC(C)(C)C)OCO2. The highest BCUT2D eigenvalue weighted by molar-refractivity contribution is 5.52. The molecule has 1 aliphatic rings. The van der Waals surface area contributed by atoms with Gasteiger partial charge in [-0.3, -0.25) is 0 Å². The third-order valence-corrected chi connectivity index (χ3v) is 2.68. The average molecular weight is 261 g/mol. The Labute approximate surface area is 114 Å². The molecular weight excluding hydrogens is 242 g/mol. The molecule has 1 heterocycles. The summed E-state index contributed by atoms with van der Waals surface area (Å²) in [7, 11) is 0. The molecule has 0 radical (unpaired) electrons. The van der Waals surface area contributed by atoms with Gasteiger partial charge in [-0.05, 0) is 26.8 Å². The number of hydrogen-bond donors (Lipinski definition) is 1. The van der Waals surface area contributed by atoms with Gasteiger partial charge in [0.25, 0.3) is 0 Å². The summed E-state index contributed by atoms with van der Waals surface area (Å²) >= 11 is 0. The van der Waals surface area contributed by atoms with Gasteiger partial charge in [0.1, 0.15) is 12.4 Å². The molecule has 19 heavy (non-hydrogen) atoms. The van der Waals surface area contributed by atoms with Gasteiger partial charge in [-0.25, -0.2) is 0 Å². The zero-order valence-corrected chi connectivity index (χ0v) is 11.6. The van der Waals surface area contributed by atoms with Gasteiger partial charge in [-0.1, -0.05) is 5.92 Å². The lowest BCUT2D eigenvalue weighted by atomic mass is 10.1. The monoisotopic (exact) mass is 261 g/mol. The van der Waals surface area contributed by atoms with Crippen LogP contribution in [-0.2, 0) is 6.54 Å². The number of ether oxygens (including phenoxy) is 3. The van der Waals surface area contributed by atoms with Crippen LogP contribution in [0.2, 0.25) is 0 Å². The van der Waals surface area contributed by atoms with Crippen molar-refractivity contribution in [1.82, 2.24) is 5.32 Å². The summed E-state index contributed by atoms with van der Waals surface area (Å²) in [6.07, 6.45) is 5.24. The van der Waals surface area contributed by atoms with Crippen LogP contribution in [0, 0.1) is 12.3 Å². The minimum atomic E-state index is 0.0275. The lowest BCUT2D eigenvalue weighted by Gasteiger charge is -2.21. The van der Waals surface area contributed by atoms with E-state index in [0.29, 0.717) is 12.3 Å². The van der Waals surface area contributed by atoms with Gasteiger partial charge in [-0.15, -0.1) is 6.42 Å². The first-order chi connectivity index (χ1) is 8.99. The highest BCUT2D eigenvalue weighted by atomic mass is 16.7. The lowest BCUT2D eigenvalue weighted by molar-refractivity contribution is 0.174. The summed E-state index contributed by atoms with van der Waals surface area (Å²) in [5.41, 5.74) is 1.04. The summed E-state index contributed by atoms with van der Waals surface area (Å²) in [4.78, 5) is 0. The second-order valence-corrected chi connectivity index (χ2v) is 5.41. The van der Waals surface area contributed by atoms with Crippen molar-refractivity contribution in [2.24, 2.45) is 0 Å². The van der Waals surface area contributed by atoms with Gasteiger partial charge in [0.2, 0.25) is 6.79 Å². The van der Waals surface area contributed by atoms with E-state index >= 15 is 0 Å². The highest BCUT2D eigenvalue weighted by Crippen LogP contribution is 2.38. The van der Waals surface area contributed by atoms with Crippen LogP contribution in [0.25, 0.3) is 0 Å². The van der Waals surface area contributed by atoms with Crippen molar-refractivity contribution in [1.29, 1.82) is 0 Å². The van der Waals surface area contributed by atoms with E-state index in [1.165, 1.54) is 0 Å². The molecule has 0 bridgehead atoms. The number of benzene rings is 1. The zero-order valence-electron chi connectivity index (χ0n) is 11.6. The van der Waals surface area contributed by atoms with Crippen molar-refractivity contribution in [3.63, 3.8) is 0 Å². The molecule has 0 spiro atoms. The zero-order chi connectivity index (χ0) is 13.9. The molecule has 0 unspecified atom stereocenters. The molecule has 102 valence electrons. The summed E-state index contributed by atoms with van der Waals surface area (Å²) < 4.78 is 16.3. The van der Waals surface area contributed by atoms with Gasteiger partial charge in [-0.2, -0.15) is 0 Å². The lowest BCUT2D eigenvalue weighted by Crippen LogP contribution is -2.35. The smallest absolute Gasteiger partial charge is 0.231 e. The van der Waals surface area contributed by atoms with Crippen molar-refractivity contribution in [2.75, 3.05) is 13.4 Å². The number of nitrogens with one attached hydrogen (secondary N) is 1. The predicted molar refractivity (Wildman–Crippen MR) is 73.5 cm³/mol. The quantitative estimate of drug-likeness (QED) is 0.844. The Hall–Kier alpha value is -1.86. The standard InChI is InChI=1S/C15H19NO3/c1-5-6-17-12-8-14-13(18-10-19-14)7-11(12)9-16-15(2,3)4/h1,7-8,16H,6,9-10H2,2-4H3. The van der Waals surface area contributed by atoms with Crippen molar-refractivity contribution < 1.29 is 14.2 Å². The molecular formula is C15H19NO3. The molecule has 0 fully saturated rings. The Morgan fingerprint density at radius 3 is 2.63 bits per heavy atom. The molecule has 0 aliphatic carbocycles. The van der Waals surface area contributed by atoms with Crippen LogP contribution < -0.4 is 19.5 Å². The Morgan fingerprint density at radius 1 is 1.32 bits per heavy atom. The molecule has 0 atom stereocenters. The fraction of sp³-hybridized carbons (Fsp3) is 0.467. The molecule has 0 aromatic heterocycles. The predicted octanol–water partition coefficient (Wildman–Crippen LogP) is 2.32. The molecule has 2 rings (SSSR count). The molecule has 1 aliphatic heterocycles. The molecule has 4 nitrogen and oxygen atoms in total. The average Bonchev–Trinajstić information content (AvgIpc) is 2.79. The van der Waals surface area contributed by atoms with Crippen LogP contribution in [0.15, 0.2) is 12.1 Å². The third-order valence-electron chi connectivity index (χ3n) is 2.68. The summed E-state index contributed by atoms with van der Waals surface area (Å²) in [5, 5.41) is 3.42. The maximum atomic E-state index is 5.57.